The Morgan fingerprint density at radius 1 is 1.25 bits per heavy atom. The fraction of sp³-hybridized carbons (Fsp3) is 0. The molecule has 0 atom stereocenters. The number of aromatic hydroxyl groups is 1. The molecule has 2 N–H and O–H groups in total. The number of nitrogens with one attached hydrogen (secondary N) is 1. The Bertz CT molecular complexity index is 636. The van der Waals surface area contributed by atoms with Gasteiger partial charge < -0.3 is 5.11 Å². The van der Waals surface area contributed by atoms with Crippen molar-refractivity contribution in [1.29, 1.82) is 0 Å². The number of hydrogen-bond donors (Lipinski definition) is 2. The third-order valence-corrected chi connectivity index (χ3v) is 2.82. The molecule has 0 saturated carbocycles. The molecule has 0 spiro atoms. The van der Waals surface area contributed by atoms with Crippen LogP contribution in [0.3, 0.4) is 0 Å². The molecule has 0 radical (unpaired) electrons. The third-order valence-electron chi connectivity index (χ3n) is 2.49. The van der Waals surface area contributed by atoms with E-state index in [1.807, 2.05) is 0 Å². The predicted octanol–water partition coefficient (Wildman–Crippen LogP) is 2.95. The van der Waals surface area contributed by atoms with E-state index in [4.69, 9.17) is 16.7 Å². The van der Waals surface area contributed by atoms with Gasteiger partial charge in [-0.05, 0) is 36.4 Å². The zero-order chi connectivity index (χ0) is 14.5. The van der Waals surface area contributed by atoms with Crippen LogP contribution in [0.15, 0.2) is 47.6 Å². The summed E-state index contributed by atoms with van der Waals surface area (Å²) in [6, 6.07) is 9.89. The molecule has 6 heteroatoms. The number of benzene rings is 2. The zero-order valence-electron chi connectivity index (χ0n) is 10.2. The van der Waals surface area contributed by atoms with Gasteiger partial charge in [0.15, 0.2) is 0 Å². The highest BCUT2D eigenvalue weighted by atomic mass is 35.5. The summed E-state index contributed by atoms with van der Waals surface area (Å²) >= 11 is 5.81. The third kappa shape index (κ3) is 3.33. The van der Waals surface area contributed by atoms with Crippen LogP contribution in [-0.4, -0.2) is 17.2 Å². The first-order valence-corrected chi connectivity index (χ1v) is 6.02. The topological polar surface area (TPSA) is 61.7 Å². The van der Waals surface area contributed by atoms with Crippen LogP contribution in [0.1, 0.15) is 15.9 Å². The molecule has 0 fully saturated rings. The fourth-order valence-electron chi connectivity index (χ4n) is 1.47. The van der Waals surface area contributed by atoms with Gasteiger partial charge >= 0.3 is 0 Å². The van der Waals surface area contributed by atoms with Crippen molar-refractivity contribution in [2.75, 3.05) is 0 Å². The van der Waals surface area contributed by atoms with Crippen molar-refractivity contribution in [2.45, 2.75) is 0 Å². The van der Waals surface area contributed by atoms with Crippen molar-refractivity contribution in [3.63, 3.8) is 0 Å². The first-order chi connectivity index (χ1) is 9.58. The van der Waals surface area contributed by atoms with Crippen LogP contribution in [0, 0.1) is 5.82 Å². The molecule has 2 aromatic rings. The standard InChI is InChI=1S/C14H10ClFN2O2/c15-12-2-1-3-13(16)11(12)8-17-18-14(20)9-4-6-10(19)7-5-9/h1-8,19H,(H,18,20). The van der Waals surface area contributed by atoms with Crippen molar-refractivity contribution in [2.24, 2.45) is 5.10 Å². The molecule has 0 aliphatic rings. The van der Waals surface area contributed by atoms with Crippen LogP contribution in [0.5, 0.6) is 5.75 Å². The summed E-state index contributed by atoms with van der Waals surface area (Å²) in [5, 5.41) is 13.0. The molecule has 0 heterocycles. The van der Waals surface area contributed by atoms with E-state index >= 15 is 0 Å². The van der Waals surface area contributed by atoms with Crippen molar-refractivity contribution < 1.29 is 14.3 Å². The van der Waals surface area contributed by atoms with Gasteiger partial charge in [-0.2, -0.15) is 5.10 Å². The molecule has 0 unspecified atom stereocenters. The molecule has 2 rings (SSSR count). The molecule has 102 valence electrons. The van der Waals surface area contributed by atoms with Gasteiger partial charge in [0.1, 0.15) is 11.6 Å². The van der Waals surface area contributed by atoms with Gasteiger partial charge in [0, 0.05) is 11.1 Å². The Kier molecular flexibility index (Phi) is 4.32. The molecule has 4 nitrogen and oxygen atoms in total. The average Bonchev–Trinajstić information content (AvgIpc) is 2.42. The quantitative estimate of drug-likeness (QED) is 0.675. The van der Waals surface area contributed by atoms with Crippen LogP contribution >= 0.6 is 11.6 Å². The lowest BCUT2D eigenvalue weighted by molar-refractivity contribution is 0.0955. The SMILES string of the molecule is O=C(NN=Cc1c(F)cccc1Cl)c1ccc(O)cc1. The van der Waals surface area contributed by atoms with Gasteiger partial charge in [-0.15, -0.1) is 0 Å². The van der Waals surface area contributed by atoms with Crippen molar-refractivity contribution in [1.82, 2.24) is 5.43 Å². The van der Waals surface area contributed by atoms with Crippen molar-refractivity contribution in [3.05, 3.63) is 64.4 Å². The summed E-state index contributed by atoms with van der Waals surface area (Å²) in [7, 11) is 0. The summed E-state index contributed by atoms with van der Waals surface area (Å²) in [6.45, 7) is 0. The first-order valence-electron chi connectivity index (χ1n) is 5.64. The Balaban J connectivity index is 2.06. The van der Waals surface area contributed by atoms with Crippen LogP contribution in [-0.2, 0) is 0 Å². The summed E-state index contributed by atoms with van der Waals surface area (Å²) in [5.41, 5.74) is 2.66. The largest absolute Gasteiger partial charge is 0.508 e. The van der Waals surface area contributed by atoms with Gasteiger partial charge in [0.05, 0.1) is 11.2 Å². The highest BCUT2D eigenvalue weighted by Gasteiger charge is 2.05. The maximum absolute atomic E-state index is 13.4. The molecule has 2 aromatic carbocycles. The smallest absolute Gasteiger partial charge is 0.271 e. The molecule has 0 aliphatic carbocycles. The van der Waals surface area contributed by atoms with E-state index in [1.54, 1.807) is 0 Å². The first kappa shape index (κ1) is 14.0. The summed E-state index contributed by atoms with van der Waals surface area (Å²) in [6.07, 6.45) is 1.13. The minimum Gasteiger partial charge on any atom is -0.508 e. The van der Waals surface area contributed by atoms with E-state index in [0.717, 1.165) is 6.21 Å². The zero-order valence-corrected chi connectivity index (χ0v) is 10.9. The van der Waals surface area contributed by atoms with E-state index in [0.29, 0.717) is 5.56 Å². The van der Waals surface area contributed by atoms with Crippen LogP contribution in [0.2, 0.25) is 5.02 Å². The molecule has 0 saturated heterocycles. The highest BCUT2D eigenvalue weighted by molar-refractivity contribution is 6.33. The van der Waals surface area contributed by atoms with E-state index in [-0.39, 0.29) is 16.3 Å². The van der Waals surface area contributed by atoms with Gasteiger partial charge in [-0.25, -0.2) is 9.82 Å². The van der Waals surface area contributed by atoms with Crippen molar-refractivity contribution in [3.8, 4) is 5.75 Å². The van der Waals surface area contributed by atoms with E-state index in [2.05, 4.69) is 10.5 Å². The predicted molar refractivity (Wildman–Crippen MR) is 74.6 cm³/mol. The monoisotopic (exact) mass is 292 g/mol. The highest BCUT2D eigenvalue weighted by Crippen LogP contribution is 2.16. The number of carbonyl (C=O) groups is 1. The van der Waals surface area contributed by atoms with E-state index in [1.165, 1.54) is 42.5 Å². The Morgan fingerprint density at radius 2 is 1.95 bits per heavy atom. The van der Waals surface area contributed by atoms with Crippen molar-refractivity contribution >= 4 is 23.7 Å². The number of hydrazone groups is 1. The number of rotatable bonds is 3. The summed E-state index contributed by atoms with van der Waals surface area (Å²) < 4.78 is 13.4. The minimum atomic E-state index is -0.528. The average molecular weight is 293 g/mol. The normalized spacial score (nSPS) is 10.7. The van der Waals surface area contributed by atoms with E-state index < -0.39 is 11.7 Å². The summed E-state index contributed by atoms with van der Waals surface area (Å²) in [5.74, 6) is -0.947. The molecule has 1 amide bonds. The van der Waals surface area contributed by atoms with Gasteiger partial charge in [0.25, 0.3) is 5.91 Å². The van der Waals surface area contributed by atoms with Crippen LogP contribution in [0.4, 0.5) is 4.39 Å². The number of halogens is 2. The molecule has 20 heavy (non-hydrogen) atoms. The lowest BCUT2D eigenvalue weighted by Gasteiger charge is -2.01. The Hall–Kier alpha value is -2.40. The van der Waals surface area contributed by atoms with E-state index in [9.17, 15) is 9.18 Å². The van der Waals surface area contributed by atoms with Gasteiger partial charge in [0.2, 0.25) is 0 Å². The maximum Gasteiger partial charge on any atom is 0.271 e. The second-order valence-electron chi connectivity index (χ2n) is 3.88. The molecular formula is C14H10ClFN2O2. The number of nitrogens with zero attached hydrogens (tertiary/aromatic N) is 1. The van der Waals surface area contributed by atoms with Gasteiger partial charge in [-0.3, -0.25) is 4.79 Å². The lowest BCUT2D eigenvalue weighted by atomic mass is 10.2. The number of carbonyl (C=O) groups excluding carboxylic acids is 1. The maximum atomic E-state index is 13.4. The number of amides is 1. The second-order valence-corrected chi connectivity index (χ2v) is 4.29. The minimum absolute atomic E-state index is 0.0585. The second kappa shape index (κ2) is 6.16. The Labute approximate surface area is 119 Å². The molecule has 0 aliphatic heterocycles. The number of phenolic OH excluding ortho intramolecular Hbond substituents is 1. The number of phenols is 1. The fourth-order valence-corrected chi connectivity index (χ4v) is 1.68. The van der Waals surface area contributed by atoms with Gasteiger partial charge in [-0.1, -0.05) is 17.7 Å². The van der Waals surface area contributed by atoms with Crippen LogP contribution < -0.4 is 5.43 Å². The lowest BCUT2D eigenvalue weighted by Crippen LogP contribution is -2.17. The Morgan fingerprint density at radius 3 is 2.60 bits per heavy atom. The molecular weight excluding hydrogens is 283 g/mol. The number of hydrogen-bond acceptors (Lipinski definition) is 3. The molecule has 0 aromatic heterocycles. The molecule has 0 bridgehead atoms. The summed E-state index contributed by atoms with van der Waals surface area (Å²) in [4.78, 5) is 11.7. The van der Waals surface area contributed by atoms with Crippen LogP contribution in [0.25, 0.3) is 0 Å².